The van der Waals surface area contributed by atoms with Crippen molar-refractivity contribution in [2.75, 3.05) is 13.2 Å². The minimum Gasteiger partial charge on any atom is -0.505 e. The van der Waals surface area contributed by atoms with Crippen LogP contribution in [0.15, 0.2) is 30.3 Å². The molecule has 0 bridgehead atoms. The molecule has 2 aromatic carbocycles. The second-order valence-corrected chi connectivity index (χ2v) is 13.0. The van der Waals surface area contributed by atoms with E-state index in [2.05, 4.69) is 6.92 Å². The van der Waals surface area contributed by atoms with E-state index in [9.17, 15) is 39.5 Å². The molecule has 14 heteroatoms. The molecule has 258 valence electrons. The number of carboxylic acid groups (broad SMARTS) is 2. The van der Waals surface area contributed by atoms with Gasteiger partial charge in [0.25, 0.3) is 0 Å². The summed E-state index contributed by atoms with van der Waals surface area (Å²) in [4.78, 5) is 33.4. The van der Waals surface area contributed by atoms with Gasteiger partial charge in [-0.15, -0.1) is 0 Å². The molecule has 2 aromatic rings. The summed E-state index contributed by atoms with van der Waals surface area (Å²) >= 11 is 12.1. The molecule has 1 unspecified atom stereocenters. The van der Waals surface area contributed by atoms with Crippen molar-refractivity contribution in [3.8, 4) is 11.5 Å². The molecular formula is C32H46Cl2NO10P. The summed E-state index contributed by atoms with van der Waals surface area (Å²) in [5.74, 6) is -4.23. The largest absolute Gasteiger partial charge is 0.505 e. The lowest BCUT2D eigenvalue weighted by Gasteiger charge is -2.15. The third-order valence-electron chi connectivity index (χ3n) is 7.18. The third-order valence-corrected chi connectivity index (χ3v) is 8.78. The third kappa shape index (κ3) is 14.0. The Kier molecular flexibility index (Phi) is 19.2. The average Bonchev–Trinajstić information content (AvgIpc) is 2.98. The highest BCUT2D eigenvalue weighted by Gasteiger charge is 2.22. The maximum atomic E-state index is 12.4. The SMILES string of the molecule is CCCCCCCCCCCCCCOP(=O)(O)OCCC=C(c1cc(Cl)c(O)c(C(=O)O)c1)c1cc(Cl)c(O)c(C(=O)O)c1.N. The first-order valence-corrected chi connectivity index (χ1v) is 17.5. The van der Waals surface area contributed by atoms with E-state index in [0.717, 1.165) is 31.4 Å². The first-order valence-electron chi connectivity index (χ1n) is 15.2. The van der Waals surface area contributed by atoms with Crippen LogP contribution in [0.1, 0.15) is 122 Å². The Hall–Kier alpha value is -2.63. The van der Waals surface area contributed by atoms with Crippen LogP contribution in [0, 0.1) is 0 Å². The Morgan fingerprint density at radius 2 is 1.11 bits per heavy atom. The van der Waals surface area contributed by atoms with E-state index in [1.54, 1.807) is 0 Å². The number of carbonyl (C=O) groups is 2. The Morgan fingerprint density at radius 3 is 1.52 bits per heavy atom. The fourth-order valence-electron chi connectivity index (χ4n) is 4.77. The molecule has 0 fully saturated rings. The highest BCUT2D eigenvalue weighted by atomic mass is 35.5. The van der Waals surface area contributed by atoms with Crippen molar-refractivity contribution in [3.63, 3.8) is 0 Å². The van der Waals surface area contributed by atoms with Crippen LogP contribution in [0.3, 0.4) is 0 Å². The zero-order valence-corrected chi connectivity index (χ0v) is 28.6. The number of carboxylic acids is 2. The number of aromatic carboxylic acids is 2. The Balaban J connectivity index is 0.0000106. The lowest BCUT2D eigenvalue weighted by Crippen LogP contribution is -2.02. The minimum absolute atomic E-state index is 0. The summed E-state index contributed by atoms with van der Waals surface area (Å²) < 4.78 is 22.6. The first-order chi connectivity index (χ1) is 21.4. The van der Waals surface area contributed by atoms with Gasteiger partial charge in [-0.05, 0) is 53.8 Å². The van der Waals surface area contributed by atoms with Crippen LogP contribution in [-0.4, -0.2) is 50.5 Å². The quantitative estimate of drug-likeness (QED) is 0.0502. The summed E-state index contributed by atoms with van der Waals surface area (Å²) in [5, 5.41) is 38.6. The molecule has 0 aliphatic carbocycles. The van der Waals surface area contributed by atoms with Crippen molar-refractivity contribution in [3.05, 3.63) is 62.6 Å². The van der Waals surface area contributed by atoms with Crippen LogP contribution in [0.5, 0.6) is 11.5 Å². The predicted molar refractivity (Wildman–Crippen MR) is 180 cm³/mol. The van der Waals surface area contributed by atoms with Gasteiger partial charge in [-0.3, -0.25) is 9.05 Å². The summed E-state index contributed by atoms with van der Waals surface area (Å²) in [6.07, 6.45) is 15.3. The van der Waals surface area contributed by atoms with Gasteiger partial charge in [-0.25, -0.2) is 14.2 Å². The number of phenols is 2. The van der Waals surface area contributed by atoms with Gasteiger partial charge in [0.2, 0.25) is 0 Å². The standard InChI is InChI=1S/C32H43Cl2O10P.H3N/c1-2-3-4-5-6-7-8-9-10-11-12-13-16-43-45(41,42)44-17-14-15-24(22-18-25(31(37)38)29(35)27(33)20-22)23-19-26(32(39)40)30(36)28(34)21-23;/h15,18-21,35-36H,2-14,16-17H2,1H3,(H,37,38)(H,39,40)(H,41,42);1H3. The molecule has 11 nitrogen and oxygen atoms in total. The van der Waals surface area contributed by atoms with E-state index in [-0.39, 0.29) is 52.5 Å². The molecule has 0 heterocycles. The molecular weight excluding hydrogens is 660 g/mol. The van der Waals surface area contributed by atoms with Crippen LogP contribution in [-0.2, 0) is 13.6 Å². The molecule has 1 atom stereocenters. The van der Waals surface area contributed by atoms with Crippen molar-refractivity contribution in [2.24, 2.45) is 0 Å². The Morgan fingerprint density at radius 1 is 0.717 bits per heavy atom. The first kappa shape index (κ1) is 41.4. The normalized spacial score (nSPS) is 12.3. The lowest BCUT2D eigenvalue weighted by molar-refractivity contribution is 0.0682. The van der Waals surface area contributed by atoms with Gasteiger partial charge in [0.1, 0.15) is 22.6 Å². The number of hydrogen-bond acceptors (Lipinski definition) is 8. The Labute approximate surface area is 280 Å². The fourth-order valence-corrected chi connectivity index (χ4v) is 5.98. The second-order valence-electron chi connectivity index (χ2n) is 10.7. The molecule has 0 radical (unpaired) electrons. The van der Waals surface area contributed by atoms with E-state index >= 15 is 0 Å². The average molecular weight is 707 g/mol. The topological polar surface area (TPSA) is 206 Å². The predicted octanol–water partition coefficient (Wildman–Crippen LogP) is 9.62. The lowest BCUT2D eigenvalue weighted by atomic mass is 9.93. The van der Waals surface area contributed by atoms with Crippen molar-refractivity contribution in [1.82, 2.24) is 6.15 Å². The summed E-state index contributed by atoms with van der Waals surface area (Å²) in [6, 6.07) is 4.80. The second kappa shape index (κ2) is 21.3. The van der Waals surface area contributed by atoms with Gasteiger partial charge < -0.3 is 31.5 Å². The van der Waals surface area contributed by atoms with Crippen LogP contribution >= 0.6 is 31.0 Å². The molecule has 46 heavy (non-hydrogen) atoms. The van der Waals surface area contributed by atoms with Gasteiger partial charge in [0.15, 0.2) is 0 Å². The zero-order valence-electron chi connectivity index (χ0n) is 26.2. The van der Waals surface area contributed by atoms with E-state index in [0.29, 0.717) is 6.42 Å². The summed E-state index contributed by atoms with van der Waals surface area (Å²) in [7, 11) is -4.34. The van der Waals surface area contributed by atoms with Crippen LogP contribution < -0.4 is 6.15 Å². The zero-order chi connectivity index (χ0) is 33.4. The van der Waals surface area contributed by atoms with Crippen molar-refractivity contribution in [1.29, 1.82) is 0 Å². The minimum atomic E-state index is -4.34. The fraction of sp³-hybridized carbons (Fsp3) is 0.500. The van der Waals surface area contributed by atoms with Crippen LogP contribution in [0.2, 0.25) is 10.0 Å². The van der Waals surface area contributed by atoms with Gasteiger partial charge in [-0.1, -0.05) is 107 Å². The van der Waals surface area contributed by atoms with Gasteiger partial charge >= 0.3 is 19.8 Å². The van der Waals surface area contributed by atoms with Gasteiger partial charge in [-0.2, -0.15) is 0 Å². The maximum Gasteiger partial charge on any atom is 0.472 e. The van der Waals surface area contributed by atoms with E-state index < -0.39 is 42.4 Å². The number of rotatable bonds is 22. The molecule has 0 saturated heterocycles. The molecule has 2 rings (SSSR count). The van der Waals surface area contributed by atoms with E-state index in [4.69, 9.17) is 32.2 Å². The maximum absolute atomic E-state index is 12.4. The molecule has 0 aliphatic rings. The smallest absolute Gasteiger partial charge is 0.472 e. The van der Waals surface area contributed by atoms with Gasteiger partial charge in [0.05, 0.1) is 23.3 Å². The highest BCUT2D eigenvalue weighted by Crippen LogP contribution is 2.44. The number of phosphoric acid groups is 1. The molecule has 8 N–H and O–H groups in total. The summed E-state index contributed by atoms with van der Waals surface area (Å²) in [6.45, 7) is 2.01. The van der Waals surface area contributed by atoms with Gasteiger partial charge in [0, 0.05) is 0 Å². The monoisotopic (exact) mass is 705 g/mol. The Bertz CT molecular complexity index is 1300. The summed E-state index contributed by atoms with van der Waals surface area (Å²) in [5.41, 5.74) is -0.451. The number of unbranched alkanes of at least 4 members (excludes halogenated alkanes) is 11. The van der Waals surface area contributed by atoms with E-state index in [1.807, 2.05) is 0 Å². The van der Waals surface area contributed by atoms with Crippen molar-refractivity contribution >= 4 is 48.5 Å². The van der Waals surface area contributed by atoms with Crippen LogP contribution in [0.25, 0.3) is 5.57 Å². The van der Waals surface area contributed by atoms with Crippen molar-refractivity contribution in [2.45, 2.75) is 90.4 Å². The van der Waals surface area contributed by atoms with Crippen molar-refractivity contribution < 1.29 is 48.5 Å². The molecule has 0 aromatic heterocycles. The number of aromatic hydroxyl groups is 2. The number of halogens is 2. The van der Waals surface area contributed by atoms with E-state index in [1.165, 1.54) is 69.6 Å². The number of phosphoric ester groups is 1. The number of benzene rings is 2. The number of hydrogen-bond donors (Lipinski definition) is 6. The van der Waals surface area contributed by atoms with Crippen LogP contribution in [0.4, 0.5) is 0 Å². The molecule has 0 saturated carbocycles. The molecule has 0 amide bonds. The molecule has 0 spiro atoms. The molecule has 0 aliphatic heterocycles. The highest BCUT2D eigenvalue weighted by molar-refractivity contribution is 7.47.